The topological polar surface area (TPSA) is 75.2 Å². The van der Waals surface area contributed by atoms with Gasteiger partial charge in [-0.15, -0.1) is 0 Å². The molecule has 0 radical (unpaired) electrons. The second-order valence-electron chi connectivity index (χ2n) is 4.72. The minimum Gasteiger partial charge on any atom is -0.395 e. The fraction of sp³-hybridized carbons (Fsp3) is 0.500. The normalized spacial score (nSPS) is 18.8. The van der Waals surface area contributed by atoms with E-state index in [0.717, 1.165) is 6.54 Å². The SMILES string of the molecule is CC1(C)COCCN1c1nccc(C#N)c1N. The molecular formula is C12H16N4O. The second kappa shape index (κ2) is 4.22. The molecule has 90 valence electrons. The Morgan fingerprint density at radius 3 is 3.00 bits per heavy atom. The van der Waals surface area contributed by atoms with Gasteiger partial charge in [-0.2, -0.15) is 5.26 Å². The first-order valence-electron chi connectivity index (χ1n) is 5.56. The van der Waals surface area contributed by atoms with Crippen LogP contribution in [-0.4, -0.2) is 30.3 Å². The molecule has 2 N–H and O–H groups in total. The number of morpholine rings is 1. The molecule has 0 atom stereocenters. The lowest BCUT2D eigenvalue weighted by Gasteiger charge is -2.43. The highest BCUT2D eigenvalue weighted by Crippen LogP contribution is 2.30. The van der Waals surface area contributed by atoms with E-state index in [1.807, 2.05) is 0 Å². The summed E-state index contributed by atoms with van der Waals surface area (Å²) in [5.74, 6) is 0.678. The van der Waals surface area contributed by atoms with Crippen molar-refractivity contribution in [3.05, 3.63) is 17.8 Å². The Morgan fingerprint density at radius 2 is 2.35 bits per heavy atom. The van der Waals surface area contributed by atoms with E-state index < -0.39 is 0 Å². The van der Waals surface area contributed by atoms with Crippen molar-refractivity contribution in [2.45, 2.75) is 19.4 Å². The Kier molecular flexibility index (Phi) is 2.90. The number of rotatable bonds is 1. The summed E-state index contributed by atoms with van der Waals surface area (Å²) in [7, 11) is 0. The average molecular weight is 232 g/mol. The van der Waals surface area contributed by atoms with Crippen LogP contribution >= 0.6 is 0 Å². The zero-order valence-corrected chi connectivity index (χ0v) is 10.1. The number of aromatic nitrogens is 1. The third kappa shape index (κ3) is 2.04. The maximum absolute atomic E-state index is 8.97. The Hall–Kier alpha value is -1.80. The molecule has 1 fully saturated rings. The third-order valence-corrected chi connectivity index (χ3v) is 2.99. The molecular weight excluding hydrogens is 216 g/mol. The number of nitrogens with two attached hydrogens (primary N) is 1. The van der Waals surface area contributed by atoms with Crippen molar-refractivity contribution in [2.75, 3.05) is 30.4 Å². The minimum absolute atomic E-state index is 0.159. The summed E-state index contributed by atoms with van der Waals surface area (Å²) in [6.07, 6.45) is 1.62. The Morgan fingerprint density at radius 1 is 1.59 bits per heavy atom. The third-order valence-electron chi connectivity index (χ3n) is 2.99. The first-order chi connectivity index (χ1) is 8.06. The molecule has 5 heteroatoms. The quantitative estimate of drug-likeness (QED) is 0.786. The van der Waals surface area contributed by atoms with Crippen LogP contribution in [0.4, 0.5) is 11.5 Å². The van der Waals surface area contributed by atoms with Crippen molar-refractivity contribution in [3.8, 4) is 6.07 Å². The van der Waals surface area contributed by atoms with Gasteiger partial charge in [0.2, 0.25) is 0 Å². The summed E-state index contributed by atoms with van der Waals surface area (Å²) < 4.78 is 5.46. The van der Waals surface area contributed by atoms with Gasteiger partial charge in [-0.3, -0.25) is 0 Å². The summed E-state index contributed by atoms with van der Waals surface area (Å²) in [4.78, 5) is 6.40. The Bertz CT molecular complexity index is 464. The van der Waals surface area contributed by atoms with Crippen LogP contribution in [0, 0.1) is 11.3 Å². The predicted octanol–water partition coefficient (Wildman–Crippen LogP) is 1.15. The first kappa shape index (κ1) is 11.7. The van der Waals surface area contributed by atoms with E-state index in [0.29, 0.717) is 30.3 Å². The van der Waals surface area contributed by atoms with Crippen LogP contribution in [0.25, 0.3) is 0 Å². The molecule has 1 aromatic rings. The standard InChI is InChI=1S/C12H16N4O/c1-12(2)8-17-6-5-16(12)11-10(14)9(7-13)3-4-15-11/h3-4H,5-6,8,14H2,1-2H3. The van der Waals surface area contributed by atoms with Gasteiger partial charge in [-0.1, -0.05) is 0 Å². The molecule has 0 aliphatic carbocycles. The summed E-state index contributed by atoms with van der Waals surface area (Å²) >= 11 is 0. The molecule has 1 aliphatic heterocycles. The fourth-order valence-corrected chi connectivity index (χ4v) is 2.03. The average Bonchev–Trinajstić information content (AvgIpc) is 2.30. The maximum Gasteiger partial charge on any atom is 0.153 e. The minimum atomic E-state index is -0.159. The van der Waals surface area contributed by atoms with Crippen molar-refractivity contribution < 1.29 is 4.74 Å². The van der Waals surface area contributed by atoms with Crippen molar-refractivity contribution >= 4 is 11.5 Å². The molecule has 1 aromatic heterocycles. The van der Waals surface area contributed by atoms with Gasteiger partial charge in [0.05, 0.1) is 30.0 Å². The molecule has 2 heterocycles. The van der Waals surface area contributed by atoms with E-state index >= 15 is 0 Å². The molecule has 0 unspecified atom stereocenters. The number of ether oxygens (including phenoxy) is 1. The molecule has 1 saturated heterocycles. The molecule has 0 amide bonds. The number of hydrogen-bond acceptors (Lipinski definition) is 5. The van der Waals surface area contributed by atoms with Crippen LogP contribution in [-0.2, 0) is 4.74 Å². The second-order valence-corrected chi connectivity index (χ2v) is 4.72. The lowest BCUT2D eigenvalue weighted by molar-refractivity contribution is 0.0640. The van der Waals surface area contributed by atoms with Crippen molar-refractivity contribution in [1.29, 1.82) is 5.26 Å². The van der Waals surface area contributed by atoms with Gasteiger partial charge in [0.1, 0.15) is 6.07 Å². The van der Waals surface area contributed by atoms with Gasteiger partial charge in [-0.25, -0.2) is 4.98 Å². The van der Waals surface area contributed by atoms with Gasteiger partial charge < -0.3 is 15.4 Å². The number of nitrogens with zero attached hydrogens (tertiary/aromatic N) is 3. The van der Waals surface area contributed by atoms with E-state index in [-0.39, 0.29) is 5.54 Å². The molecule has 5 nitrogen and oxygen atoms in total. The smallest absolute Gasteiger partial charge is 0.153 e. The van der Waals surface area contributed by atoms with Crippen LogP contribution in [0.5, 0.6) is 0 Å². The van der Waals surface area contributed by atoms with Crippen LogP contribution in [0.2, 0.25) is 0 Å². The number of nitrogen functional groups attached to an aromatic ring is 1. The van der Waals surface area contributed by atoms with E-state index in [2.05, 4.69) is 29.8 Å². The number of hydrogen-bond donors (Lipinski definition) is 1. The highest BCUT2D eigenvalue weighted by atomic mass is 16.5. The molecule has 1 aliphatic rings. The molecule has 0 saturated carbocycles. The predicted molar refractivity (Wildman–Crippen MR) is 65.6 cm³/mol. The summed E-state index contributed by atoms with van der Waals surface area (Å²) in [6.45, 7) is 6.17. The van der Waals surface area contributed by atoms with Crippen LogP contribution in [0.3, 0.4) is 0 Å². The lowest BCUT2D eigenvalue weighted by Crippen LogP contribution is -2.53. The van der Waals surface area contributed by atoms with Crippen LogP contribution in [0.1, 0.15) is 19.4 Å². The van der Waals surface area contributed by atoms with Gasteiger partial charge in [0.15, 0.2) is 5.82 Å². The molecule has 17 heavy (non-hydrogen) atoms. The van der Waals surface area contributed by atoms with E-state index in [1.165, 1.54) is 0 Å². The number of anilines is 2. The van der Waals surface area contributed by atoms with Crippen molar-refractivity contribution in [1.82, 2.24) is 4.98 Å². The molecule has 0 spiro atoms. The Balaban J connectivity index is 2.43. The summed E-state index contributed by atoms with van der Waals surface area (Å²) in [6, 6.07) is 3.71. The highest BCUT2D eigenvalue weighted by molar-refractivity contribution is 5.70. The zero-order chi connectivity index (χ0) is 12.5. The molecule has 0 bridgehead atoms. The van der Waals surface area contributed by atoms with Crippen molar-refractivity contribution in [2.24, 2.45) is 0 Å². The van der Waals surface area contributed by atoms with E-state index in [4.69, 9.17) is 15.7 Å². The van der Waals surface area contributed by atoms with Gasteiger partial charge >= 0.3 is 0 Å². The fourth-order valence-electron chi connectivity index (χ4n) is 2.03. The van der Waals surface area contributed by atoms with E-state index in [9.17, 15) is 0 Å². The lowest BCUT2D eigenvalue weighted by atomic mass is 10.0. The van der Waals surface area contributed by atoms with E-state index in [1.54, 1.807) is 12.3 Å². The molecule has 2 rings (SSSR count). The molecule has 0 aromatic carbocycles. The van der Waals surface area contributed by atoms with Crippen LogP contribution < -0.4 is 10.6 Å². The van der Waals surface area contributed by atoms with Gasteiger partial charge in [-0.05, 0) is 19.9 Å². The summed E-state index contributed by atoms with van der Waals surface area (Å²) in [5.41, 5.74) is 6.74. The Labute approximate surface area is 101 Å². The van der Waals surface area contributed by atoms with Crippen LogP contribution in [0.15, 0.2) is 12.3 Å². The highest BCUT2D eigenvalue weighted by Gasteiger charge is 2.32. The summed E-state index contributed by atoms with van der Waals surface area (Å²) in [5, 5.41) is 8.97. The van der Waals surface area contributed by atoms with Gasteiger partial charge in [0.25, 0.3) is 0 Å². The first-order valence-corrected chi connectivity index (χ1v) is 5.56. The maximum atomic E-state index is 8.97. The van der Waals surface area contributed by atoms with Crippen molar-refractivity contribution in [3.63, 3.8) is 0 Å². The largest absolute Gasteiger partial charge is 0.395 e. The number of pyridine rings is 1. The monoisotopic (exact) mass is 232 g/mol. The zero-order valence-electron chi connectivity index (χ0n) is 10.1. The number of nitriles is 1. The van der Waals surface area contributed by atoms with Gasteiger partial charge in [0, 0.05) is 12.7 Å².